The first kappa shape index (κ1) is 11.3. The molecule has 3 nitrogen and oxygen atoms in total. The van der Waals surface area contributed by atoms with E-state index < -0.39 is 11.5 Å². The summed E-state index contributed by atoms with van der Waals surface area (Å²) in [4.78, 5) is 11.4. The summed E-state index contributed by atoms with van der Waals surface area (Å²) in [7, 11) is 0. The van der Waals surface area contributed by atoms with Crippen LogP contribution in [0.2, 0.25) is 0 Å². The van der Waals surface area contributed by atoms with E-state index >= 15 is 0 Å². The lowest BCUT2D eigenvalue weighted by atomic mass is 9.89. The second kappa shape index (κ2) is 4.34. The molecular formula is C11H19NO2S. The fourth-order valence-electron chi connectivity index (χ4n) is 2.19. The van der Waals surface area contributed by atoms with Crippen LogP contribution in [-0.4, -0.2) is 34.2 Å². The highest BCUT2D eigenvalue weighted by atomic mass is 32.2. The molecule has 4 heteroatoms. The average Bonchev–Trinajstić information content (AvgIpc) is 3.00. The van der Waals surface area contributed by atoms with Crippen molar-refractivity contribution >= 4 is 17.7 Å². The van der Waals surface area contributed by atoms with Crippen LogP contribution in [0.3, 0.4) is 0 Å². The maximum absolute atomic E-state index is 11.4. The van der Waals surface area contributed by atoms with E-state index in [-0.39, 0.29) is 5.25 Å². The van der Waals surface area contributed by atoms with Gasteiger partial charge >= 0.3 is 5.97 Å². The summed E-state index contributed by atoms with van der Waals surface area (Å²) < 4.78 is 0. The number of aliphatic carboxylic acids is 1. The number of hydrogen-bond donors (Lipinski definition) is 2. The highest BCUT2D eigenvalue weighted by Gasteiger charge is 2.46. The molecule has 2 fully saturated rings. The fourth-order valence-corrected chi connectivity index (χ4v) is 3.44. The Kier molecular flexibility index (Phi) is 3.26. The minimum atomic E-state index is -0.664. The van der Waals surface area contributed by atoms with Crippen LogP contribution in [0.5, 0.6) is 0 Å². The highest BCUT2D eigenvalue weighted by Crippen LogP contribution is 2.36. The van der Waals surface area contributed by atoms with Crippen molar-refractivity contribution < 1.29 is 9.90 Å². The summed E-state index contributed by atoms with van der Waals surface area (Å²) in [5, 5.41) is 12.9. The van der Waals surface area contributed by atoms with Crippen molar-refractivity contribution in [1.82, 2.24) is 5.32 Å². The zero-order valence-corrected chi connectivity index (χ0v) is 9.98. The quantitative estimate of drug-likeness (QED) is 0.770. The number of rotatable bonds is 4. The molecule has 2 atom stereocenters. The molecule has 2 rings (SSSR count). The largest absolute Gasteiger partial charge is 0.480 e. The topological polar surface area (TPSA) is 49.3 Å². The van der Waals surface area contributed by atoms with Gasteiger partial charge in [-0.3, -0.25) is 4.79 Å². The van der Waals surface area contributed by atoms with Gasteiger partial charge in [0.2, 0.25) is 0 Å². The van der Waals surface area contributed by atoms with Crippen molar-refractivity contribution in [3.63, 3.8) is 0 Å². The SMILES string of the molecule is CC1SCCCC1(NCC1CC1)C(=O)O. The summed E-state index contributed by atoms with van der Waals surface area (Å²) in [6.07, 6.45) is 4.33. The van der Waals surface area contributed by atoms with Crippen molar-refractivity contribution in [2.75, 3.05) is 12.3 Å². The van der Waals surface area contributed by atoms with Gasteiger partial charge in [-0.25, -0.2) is 0 Å². The highest BCUT2D eigenvalue weighted by molar-refractivity contribution is 8.00. The van der Waals surface area contributed by atoms with E-state index in [9.17, 15) is 9.90 Å². The molecule has 0 aromatic carbocycles. The predicted molar refractivity (Wildman–Crippen MR) is 62.2 cm³/mol. The average molecular weight is 229 g/mol. The van der Waals surface area contributed by atoms with E-state index in [1.807, 2.05) is 6.92 Å². The lowest BCUT2D eigenvalue weighted by Crippen LogP contribution is -2.60. The van der Waals surface area contributed by atoms with Gasteiger partial charge in [0, 0.05) is 5.25 Å². The molecule has 1 saturated carbocycles. The zero-order valence-electron chi connectivity index (χ0n) is 9.16. The lowest BCUT2D eigenvalue weighted by molar-refractivity contribution is -0.145. The van der Waals surface area contributed by atoms with Gasteiger partial charge < -0.3 is 10.4 Å². The minimum Gasteiger partial charge on any atom is -0.480 e. The van der Waals surface area contributed by atoms with Crippen molar-refractivity contribution in [2.24, 2.45) is 5.92 Å². The van der Waals surface area contributed by atoms with E-state index in [1.54, 1.807) is 11.8 Å². The van der Waals surface area contributed by atoms with Crippen LogP contribution in [0.1, 0.15) is 32.6 Å². The molecule has 86 valence electrons. The van der Waals surface area contributed by atoms with Gasteiger partial charge in [-0.1, -0.05) is 6.92 Å². The van der Waals surface area contributed by atoms with Gasteiger partial charge in [-0.15, -0.1) is 0 Å². The van der Waals surface area contributed by atoms with Gasteiger partial charge in [0.15, 0.2) is 0 Å². The summed E-state index contributed by atoms with van der Waals surface area (Å²) in [5.74, 6) is 1.17. The number of thioether (sulfide) groups is 1. The second-order valence-electron chi connectivity index (χ2n) is 4.72. The van der Waals surface area contributed by atoms with Crippen LogP contribution in [0, 0.1) is 5.92 Å². The first-order valence-electron chi connectivity index (χ1n) is 5.75. The second-order valence-corrected chi connectivity index (χ2v) is 6.17. The normalized spacial score (nSPS) is 36.5. The zero-order chi connectivity index (χ0) is 10.9. The van der Waals surface area contributed by atoms with Gasteiger partial charge in [-0.2, -0.15) is 11.8 Å². The van der Waals surface area contributed by atoms with Crippen molar-refractivity contribution in [2.45, 2.75) is 43.4 Å². The first-order valence-corrected chi connectivity index (χ1v) is 6.80. The lowest BCUT2D eigenvalue weighted by Gasteiger charge is -2.39. The number of nitrogens with one attached hydrogen (secondary N) is 1. The van der Waals surface area contributed by atoms with E-state index in [1.165, 1.54) is 12.8 Å². The van der Waals surface area contributed by atoms with Crippen molar-refractivity contribution in [3.8, 4) is 0 Å². The molecule has 15 heavy (non-hydrogen) atoms. The van der Waals surface area contributed by atoms with Crippen LogP contribution in [0.15, 0.2) is 0 Å². The monoisotopic (exact) mass is 229 g/mol. The van der Waals surface area contributed by atoms with Gasteiger partial charge in [-0.05, 0) is 43.9 Å². The third kappa shape index (κ3) is 2.31. The third-order valence-corrected chi connectivity index (χ3v) is 4.99. The standard InChI is InChI=1S/C11H19NO2S/c1-8-11(10(13)14,5-2-6-15-8)12-7-9-3-4-9/h8-9,12H,2-7H2,1H3,(H,13,14). The summed E-state index contributed by atoms with van der Waals surface area (Å²) in [5.41, 5.74) is -0.661. The van der Waals surface area contributed by atoms with Gasteiger partial charge in [0.1, 0.15) is 5.54 Å². The van der Waals surface area contributed by atoms with Crippen LogP contribution in [-0.2, 0) is 4.79 Å². The molecule has 0 aromatic heterocycles. The first-order chi connectivity index (χ1) is 7.15. The van der Waals surface area contributed by atoms with E-state index in [2.05, 4.69) is 5.32 Å². The molecule has 1 heterocycles. The molecule has 2 aliphatic rings. The van der Waals surface area contributed by atoms with E-state index in [4.69, 9.17) is 0 Å². The summed E-state index contributed by atoms with van der Waals surface area (Å²) >= 11 is 1.78. The molecule has 0 bridgehead atoms. The molecule has 1 aliphatic heterocycles. The number of carboxylic acids is 1. The predicted octanol–water partition coefficient (Wildman–Crippen LogP) is 1.72. The minimum absolute atomic E-state index is 0.183. The Morgan fingerprint density at radius 1 is 1.60 bits per heavy atom. The molecule has 1 aliphatic carbocycles. The van der Waals surface area contributed by atoms with Crippen LogP contribution in [0.25, 0.3) is 0 Å². The Balaban J connectivity index is 2.02. The van der Waals surface area contributed by atoms with Crippen molar-refractivity contribution in [1.29, 1.82) is 0 Å². The molecular weight excluding hydrogens is 210 g/mol. The number of carbonyl (C=O) groups is 1. The van der Waals surface area contributed by atoms with E-state index in [0.29, 0.717) is 0 Å². The fraction of sp³-hybridized carbons (Fsp3) is 0.909. The summed E-state index contributed by atoms with van der Waals surface area (Å²) in [6, 6.07) is 0. The van der Waals surface area contributed by atoms with Crippen LogP contribution in [0.4, 0.5) is 0 Å². The Morgan fingerprint density at radius 3 is 2.87 bits per heavy atom. The van der Waals surface area contributed by atoms with Crippen LogP contribution < -0.4 is 5.32 Å². The number of hydrogen-bond acceptors (Lipinski definition) is 3. The van der Waals surface area contributed by atoms with E-state index in [0.717, 1.165) is 31.1 Å². The smallest absolute Gasteiger partial charge is 0.325 e. The Hall–Kier alpha value is -0.220. The molecule has 2 N–H and O–H groups in total. The Bertz CT molecular complexity index is 255. The molecule has 0 spiro atoms. The molecule has 1 saturated heterocycles. The molecule has 0 radical (unpaired) electrons. The summed E-state index contributed by atoms with van der Waals surface area (Å²) in [6.45, 7) is 2.93. The number of carboxylic acid groups (broad SMARTS) is 1. The maximum atomic E-state index is 11.4. The molecule has 2 unspecified atom stereocenters. The Labute approximate surface area is 95.0 Å². The van der Waals surface area contributed by atoms with Crippen molar-refractivity contribution in [3.05, 3.63) is 0 Å². The van der Waals surface area contributed by atoms with Gasteiger partial charge in [0.25, 0.3) is 0 Å². The van der Waals surface area contributed by atoms with Gasteiger partial charge in [0.05, 0.1) is 0 Å². The molecule has 0 aromatic rings. The third-order valence-electron chi connectivity index (χ3n) is 3.56. The Morgan fingerprint density at radius 2 is 2.33 bits per heavy atom. The maximum Gasteiger partial charge on any atom is 0.325 e. The van der Waals surface area contributed by atoms with Crippen LogP contribution >= 0.6 is 11.8 Å². The molecule has 0 amide bonds.